The van der Waals surface area contributed by atoms with Crippen molar-refractivity contribution < 1.29 is 19.4 Å². The van der Waals surface area contributed by atoms with Gasteiger partial charge < -0.3 is 20.5 Å². The summed E-state index contributed by atoms with van der Waals surface area (Å²) in [5.74, 6) is -1.21. The summed E-state index contributed by atoms with van der Waals surface area (Å²) in [6.07, 6.45) is -0.129. The normalized spacial score (nSPS) is 20.7. The highest BCUT2D eigenvalue weighted by Gasteiger charge is 2.31. The van der Waals surface area contributed by atoms with Crippen LogP contribution in [0.5, 0.6) is 0 Å². The number of aromatic nitrogens is 1. The number of carboxylic acids is 1. The molecule has 1 saturated heterocycles. The van der Waals surface area contributed by atoms with Crippen molar-refractivity contribution >= 4 is 23.2 Å². The number of hydrogen-bond acceptors (Lipinski definition) is 6. The summed E-state index contributed by atoms with van der Waals surface area (Å²) < 4.78 is 5.25. The summed E-state index contributed by atoms with van der Waals surface area (Å²) >= 11 is 1.33. The highest BCUT2D eigenvalue weighted by molar-refractivity contribution is 7.09. The fourth-order valence-corrected chi connectivity index (χ4v) is 2.79. The van der Waals surface area contributed by atoms with E-state index in [1.807, 2.05) is 0 Å². The fraction of sp³-hybridized carbons (Fsp3) is 0.583. The number of thiazole rings is 1. The van der Waals surface area contributed by atoms with Gasteiger partial charge in [-0.15, -0.1) is 11.3 Å². The monoisotopic (exact) mass is 299 g/mol. The lowest BCUT2D eigenvalue weighted by Gasteiger charge is -2.34. The number of nitrogens with two attached hydrogens (primary N) is 1. The first-order chi connectivity index (χ1) is 9.49. The smallest absolute Gasteiger partial charge is 0.305 e. The van der Waals surface area contributed by atoms with E-state index in [9.17, 15) is 9.59 Å². The highest BCUT2D eigenvalue weighted by atomic mass is 32.1. The summed E-state index contributed by atoms with van der Waals surface area (Å²) in [5, 5.41) is 11.2. The molecule has 1 aromatic rings. The van der Waals surface area contributed by atoms with E-state index in [2.05, 4.69) is 4.98 Å². The first-order valence-corrected chi connectivity index (χ1v) is 7.18. The van der Waals surface area contributed by atoms with Gasteiger partial charge in [0.2, 0.25) is 0 Å². The van der Waals surface area contributed by atoms with E-state index in [1.165, 1.54) is 16.2 Å². The maximum absolute atomic E-state index is 12.4. The Bertz CT molecular complexity index is 503. The van der Waals surface area contributed by atoms with Crippen molar-refractivity contribution in [1.29, 1.82) is 0 Å². The van der Waals surface area contributed by atoms with E-state index in [-0.39, 0.29) is 25.0 Å². The molecule has 3 N–H and O–H groups in total. The van der Waals surface area contributed by atoms with Crippen LogP contribution in [0.3, 0.4) is 0 Å². The van der Waals surface area contributed by atoms with E-state index in [4.69, 9.17) is 15.6 Å². The molecular weight excluding hydrogens is 282 g/mol. The number of amides is 1. The first kappa shape index (κ1) is 14.9. The zero-order valence-corrected chi connectivity index (χ0v) is 11.9. The van der Waals surface area contributed by atoms with Gasteiger partial charge in [-0.1, -0.05) is 0 Å². The second-order valence-electron chi connectivity index (χ2n) is 4.68. The van der Waals surface area contributed by atoms with Gasteiger partial charge >= 0.3 is 5.97 Å². The maximum Gasteiger partial charge on any atom is 0.305 e. The number of aliphatic carboxylic acids is 1. The molecule has 0 bridgehead atoms. The van der Waals surface area contributed by atoms with Crippen LogP contribution in [0, 0.1) is 0 Å². The Morgan fingerprint density at radius 2 is 2.45 bits per heavy atom. The third kappa shape index (κ3) is 3.33. The molecule has 0 spiro atoms. The third-order valence-electron chi connectivity index (χ3n) is 3.03. The lowest BCUT2D eigenvalue weighted by atomic mass is 10.1. The van der Waals surface area contributed by atoms with Crippen LogP contribution in [0.4, 0.5) is 0 Å². The summed E-state index contributed by atoms with van der Waals surface area (Å²) in [7, 11) is 0. The van der Waals surface area contributed by atoms with E-state index in [1.54, 1.807) is 12.3 Å². The number of ether oxygens (including phenoxy) is 1. The summed E-state index contributed by atoms with van der Waals surface area (Å²) in [5.41, 5.74) is 6.04. The molecule has 0 saturated carbocycles. The van der Waals surface area contributed by atoms with Gasteiger partial charge in [0.05, 0.1) is 31.7 Å². The zero-order chi connectivity index (χ0) is 14.7. The van der Waals surface area contributed by atoms with Crippen molar-refractivity contribution in [1.82, 2.24) is 9.88 Å². The molecule has 2 atom stereocenters. The number of morpholine rings is 1. The molecule has 1 aromatic heterocycles. The second-order valence-corrected chi connectivity index (χ2v) is 5.57. The molecule has 0 radical (unpaired) electrons. The number of carbonyl (C=O) groups is 2. The Balaban J connectivity index is 2.13. The van der Waals surface area contributed by atoms with Crippen LogP contribution >= 0.6 is 11.3 Å². The van der Waals surface area contributed by atoms with Crippen molar-refractivity contribution in [3.8, 4) is 0 Å². The Kier molecular flexibility index (Phi) is 4.69. The predicted molar refractivity (Wildman–Crippen MR) is 72.6 cm³/mol. The van der Waals surface area contributed by atoms with Crippen LogP contribution in [0.15, 0.2) is 5.38 Å². The Morgan fingerprint density at radius 3 is 3.05 bits per heavy atom. The number of hydrogen-bond donors (Lipinski definition) is 2. The van der Waals surface area contributed by atoms with Gasteiger partial charge in [-0.3, -0.25) is 9.59 Å². The fourth-order valence-electron chi connectivity index (χ4n) is 2.03. The maximum atomic E-state index is 12.4. The SMILES string of the molecule is CC(N)c1nc(C(=O)N2CCOCC2CC(=O)O)cs1. The number of carboxylic acid groups (broad SMARTS) is 1. The summed E-state index contributed by atoms with van der Waals surface area (Å²) in [4.78, 5) is 29.0. The van der Waals surface area contributed by atoms with E-state index >= 15 is 0 Å². The topological polar surface area (TPSA) is 106 Å². The molecule has 2 unspecified atom stereocenters. The van der Waals surface area contributed by atoms with Gasteiger partial charge in [-0.05, 0) is 6.92 Å². The molecule has 110 valence electrons. The van der Waals surface area contributed by atoms with Gasteiger partial charge in [0.15, 0.2) is 0 Å². The largest absolute Gasteiger partial charge is 0.481 e. The predicted octanol–water partition coefficient (Wildman–Crippen LogP) is 0.478. The molecule has 0 aliphatic carbocycles. The number of nitrogens with zero attached hydrogens (tertiary/aromatic N) is 2. The van der Waals surface area contributed by atoms with Crippen molar-refractivity contribution in [2.24, 2.45) is 5.73 Å². The van der Waals surface area contributed by atoms with Gasteiger partial charge in [0.25, 0.3) is 5.91 Å². The van der Waals surface area contributed by atoms with Crippen LogP contribution in [-0.2, 0) is 9.53 Å². The quantitative estimate of drug-likeness (QED) is 0.837. The summed E-state index contributed by atoms with van der Waals surface area (Å²) in [6, 6.07) is -0.671. The second kappa shape index (κ2) is 6.29. The molecule has 2 heterocycles. The average Bonchev–Trinajstić information content (AvgIpc) is 2.87. The van der Waals surface area contributed by atoms with Crippen LogP contribution in [0.25, 0.3) is 0 Å². The Hall–Kier alpha value is -1.51. The van der Waals surface area contributed by atoms with E-state index in [0.29, 0.717) is 23.9 Å². The molecule has 8 heteroatoms. The van der Waals surface area contributed by atoms with Gasteiger partial charge in [-0.25, -0.2) is 4.98 Å². The number of carbonyl (C=O) groups excluding carboxylic acids is 1. The molecule has 1 aliphatic rings. The standard InChI is InChI=1S/C12H17N3O4S/c1-7(13)11-14-9(6-20-11)12(18)15-2-3-19-5-8(15)4-10(16)17/h6-8H,2-5,13H2,1H3,(H,16,17). The van der Waals surface area contributed by atoms with Crippen LogP contribution in [0.2, 0.25) is 0 Å². The van der Waals surface area contributed by atoms with Gasteiger partial charge in [0.1, 0.15) is 10.7 Å². The Morgan fingerprint density at radius 1 is 1.70 bits per heavy atom. The van der Waals surface area contributed by atoms with Crippen LogP contribution < -0.4 is 5.73 Å². The molecule has 1 fully saturated rings. The van der Waals surface area contributed by atoms with Gasteiger partial charge in [-0.2, -0.15) is 0 Å². The van der Waals surface area contributed by atoms with Crippen molar-refractivity contribution in [3.63, 3.8) is 0 Å². The minimum absolute atomic E-state index is 0.129. The lowest BCUT2D eigenvalue weighted by molar-refractivity contribution is -0.139. The van der Waals surface area contributed by atoms with E-state index < -0.39 is 12.0 Å². The van der Waals surface area contributed by atoms with Crippen molar-refractivity contribution in [2.75, 3.05) is 19.8 Å². The zero-order valence-electron chi connectivity index (χ0n) is 11.1. The highest BCUT2D eigenvalue weighted by Crippen LogP contribution is 2.19. The minimum Gasteiger partial charge on any atom is -0.481 e. The molecule has 2 rings (SSSR count). The molecule has 7 nitrogen and oxygen atoms in total. The molecule has 1 aliphatic heterocycles. The lowest BCUT2D eigenvalue weighted by Crippen LogP contribution is -2.49. The first-order valence-electron chi connectivity index (χ1n) is 6.30. The number of rotatable bonds is 4. The van der Waals surface area contributed by atoms with Crippen molar-refractivity contribution in [3.05, 3.63) is 16.1 Å². The average molecular weight is 299 g/mol. The van der Waals surface area contributed by atoms with E-state index in [0.717, 1.165) is 0 Å². The minimum atomic E-state index is -0.951. The molecular formula is C12H17N3O4S. The van der Waals surface area contributed by atoms with Crippen molar-refractivity contribution in [2.45, 2.75) is 25.4 Å². The van der Waals surface area contributed by atoms with Gasteiger partial charge in [0, 0.05) is 11.9 Å². The molecule has 1 amide bonds. The van der Waals surface area contributed by atoms with Crippen LogP contribution in [-0.4, -0.2) is 52.7 Å². The Labute approximate surface area is 120 Å². The summed E-state index contributed by atoms with van der Waals surface area (Å²) in [6.45, 7) is 2.82. The van der Waals surface area contributed by atoms with Crippen LogP contribution in [0.1, 0.15) is 34.9 Å². The molecule has 20 heavy (non-hydrogen) atoms. The third-order valence-corrected chi connectivity index (χ3v) is 4.07. The molecule has 0 aromatic carbocycles.